The van der Waals surface area contributed by atoms with E-state index in [9.17, 15) is 9.59 Å². The molecule has 2 aromatic carbocycles. The molecule has 0 bridgehead atoms. The van der Waals surface area contributed by atoms with Gasteiger partial charge in [-0.3, -0.25) is 0 Å². The smallest absolute Gasteiger partial charge is 0.338 e. The summed E-state index contributed by atoms with van der Waals surface area (Å²) in [4.78, 5) is 23.5. The SMILES string of the molecule is COCCCCOC(=O)c1ccc2cc(C(=O)OC)ccc2c1. The van der Waals surface area contributed by atoms with Crippen molar-refractivity contribution >= 4 is 22.7 Å². The Morgan fingerprint density at radius 2 is 1.39 bits per heavy atom. The molecule has 0 aliphatic carbocycles. The third-order valence-electron chi connectivity index (χ3n) is 3.47. The van der Waals surface area contributed by atoms with Gasteiger partial charge >= 0.3 is 11.9 Å². The Labute approximate surface area is 135 Å². The van der Waals surface area contributed by atoms with Crippen LogP contribution in [0.4, 0.5) is 0 Å². The average Bonchev–Trinajstić information content (AvgIpc) is 2.59. The standard InChI is InChI=1S/C18H20O5/c1-21-9-3-4-10-23-18(20)16-8-6-13-11-15(17(19)22-2)7-5-14(13)12-16/h5-8,11-12H,3-4,9-10H2,1-2H3. The fourth-order valence-electron chi connectivity index (χ4n) is 2.21. The number of carbonyl (C=O) groups is 2. The van der Waals surface area contributed by atoms with E-state index in [1.165, 1.54) is 7.11 Å². The van der Waals surface area contributed by atoms with Crippen LogP contribution in [0.25, 0.3) is 10.8 Å². The molecule has 0 spiro atoms. The predicted molar refractivity (Wildman–Crippen MR) is 86.7 cm³/mol. The Kier molecular flexibility index (Phi) is 6.11. The van der Waals surface area contributed by atoms with E-state index in [1.807, 2.05) is 0 Å². The predicted octanol–water partition coefficient (Wildman–Crippen LogP) is 3.21. The summed E-state index contributed by atoms with van der Waals surface area (Å²) in [6.45, 7) is 1.04. The zero-order valence-corrected chi connectivity index (χ0v) is 13.3. The first kappa shape index (κ1) is 17.0. The summed E-state index contributed by atoms with van der Waals surface area (Å²) in [7, 11) is 2.99. The molecule has 0 atom stereocenters. The highest BCUT2D eigenvalue weighted by atomic mass is 16.5. The van der Waals surface area contributed by atoms with Crippen LogP contribution in [0, 0.1) is 0 Å². The molecule has 0 amide bonds. The Hall–Kier alpha value is -2.40. The first-order chi connectivity index (χ1) is 11.2. The summed E-state index contributed by atoms with van der Waals surface area (Å²) in [5, 5.41) is 1.73. The molecular formula is C18H20O5. The molecule has 0 unspecified atom stereocenters. The second-order valence-corrected chi connectivity index (χ2v) is 5.10. The van der Waals surface area contributed by atoms with Crippen LogP contribution in [0.1, 0.15) is 33.6 Å². The third-order valence-corrected chi connectivity index (χ3v) is 3.47. The molecule has 2 aromatic rings. The molecule has 0 saturated carbocycles. The highest BCUT2D eigenvalue weighted by Gasteiger charge is 2.10. The molecule has 0 aromatic heterocycles. The van der Waals surface area contributed by atoms with Gasteiger partial charge in [-0.2, -0.15) is 0 Å². The molecule has 0 aliphatic heterocycles. The van der Waals surface area contributed by atoms with Crippen LogP contribution in [0.3, 0.4) is 0 Å². The van der Waals surface area contributed by atoms with Crippen molar-refractivity contribution in [2.75, 3.05) is 27.4 Å². The summed E-state index contributed by atoms with van der Waals surface area (Å²) < 4.78 is 14.9. The summed E-state index contributed by atoms with van der Waals surface area (Å²) >= 11 is 0. The highest BCUT2D eigenvalue weighted by Crippen LogP contribution is 2.19. The number of hydrogen-bond donors (Lipinski definition) is 0. The van der Waals surface area contributed by atoms with Crippen LogP contribution >= 0.6 is 0 Å². The zero-order chi connectivity index (χ0) is 16.7. The molecule has 0 fully saturated rings. The van der Waals surface area contributed by atoms with Crippen molar-refractivity contribution < 1.29 is 23.8 Å². The molecule has 5 nitrogen and oxygen atoms in total. The van der Waals surface area contributed by atoms with Crippen molar-refractivity contribution in [3.63, 3.8) is 0 Å². The topological polar surface area (TPSA) is 61.8 Å². The Balaban J connectivity index is 2.05. The first-order valence-corrected chi connectivity index (χ1v) is 7.44. The fourth-order valence-corrected chi connectivity index (χ4v) is 2.21. The molecule has 0 saturated heterocycles. The minimum atomic E-state index is -0.383. The van der Waals surface area contributed by atoms with Gasteiger partial charge in [-0.1, -0.05) is 12.1 Å². The lowest BCUT2D eigenvalue weighted by molar-refractivity contribution is 0.0488. The van der Waals surface area contributed by atoms with Crippen LogP contribution in [0.2, 0.25) is 0 Å². The van der Waals surface area contributed by atoms with E-state index in [2.05, 4.69) is 0 Å². The van der Waals surface area contributed by atoms with Gasteiger partial charge in [0.05, 0.1) is 24.8 Å². The van der Waals surface area contributed by atoms with Crippen molar-refractivity contribution in [3.8, 4) is 0 Å². The lowest BCUT2D eigenvalue weighted by Gasteiger charge is -2.07. The number of methoxy groups -OCH3 is 2. The molecule has 23 heavy (non-hydrogen) atoms. The molecule has 2 rings (SSSR count). The van der Waals surface area contributed by atoms with E-state index in [-0.39, 0.29) is 11.9 Å². The molecule has 122 valence electrons. The van der Waals surface area contributed by atoms with E-state index in [1.54, 1.807) is 43.5 Å². The summed E-state index contributed by atoms with van der Waals surface area (Å²) in [6, 6.07) is 10.4. The minimum Gasteiger partial charge on any atom is -0.465 e. The second-order valence-electron chi connectivity index (χ2n) is 5.10. The van der Waals surface area contributed by atoms with Crippen LogP contribution < -0.4 is 0 Å². The largest absolute Gasteiger partial charge is 0.465 e. The number of rotatable bonds is 7. The fraction of sp³-hybridized carbons (Fsp3) is 0.333. The van der Waals surface area contributed by atoms with Gasteiger partial charge in [-0.15, -0.1) is 0 Å². The van der Waals surface area contributed by atoms with Crippen molar-refractivity contribution in [1.29, 1.82) is 0 Å². The van der Waals surface area contributed by atoms with E-state index in [4.69, 9.17) is 14.2 Å². The number of esters is 2. The number of carbonyl (C=O) groups excluding carboxylic acids is 2. The van der Waals surface area contributed by atoms with Crippen molar-refractivity contribution in [2.45, 2.75) is 12.8 Å². The molecule has 0 aliphatic rings. The van der Waals surface area contributed by atoms with Gasteiger partial charge in [-0.25, -0.2) is 9.59 Å². The van der Waals surface area contributed by atoms with Crippen LogP contribution in [-0.2, 0) is 14.2 Å². The van der Waals surface area contributed by atoms with Gasteiger partial charge in [0.2, 0.25) is 0 Å². The molecule has 0 N–H and O–H groups in total. The summed E-state index contributed by atoms with van der Waals surface area (Å²) in [5.41, 5.74) is 0.975. The number of ether oxygens (including phenoxy) is 3. The monoisotopic (exact) mass is 316 g/mol. The van der Waals surface area contributed by atoms with Crippen LogP contribution in [-0.4, -0.2) is 39.4 Å². The van der Waals surface area contributed by atoms with Gasteiger partial charge in [0.15, 0.2) is 0 Å². The van der Waals surface area contributed by atoms with Crippen LogP contribution in [0.15, 0.2) is 36.4 Å². The van der Waals surface area contributed by atoms with Crippen LogP contribution in [0.5, 0.6) is 0 Å². The quantitative estimate of drug-likeness (QED) is 0.580. The van der Waals surface area contributed by atoms with Crippen molar-refractivity contribution in [1.82, 2.24) is 0 Å². The van der Waals surface area contributed by atoms with E-state index >= 15 is 0 Å². The lowest BCUT2D eigenvalue weighted by Crippen LogP contribution is -2.07. The van der Waals surface area contributed by atoms with E-state index in [0.717, 1.165) is 23.6 Å². The number of hydrogen-bond acceptors (Lipinski definition) is 5. The molecule has 0 heterocycles. The number of fused-ring (bicyclic) bond motifs is 1. The molecular weight excluding hydrogens is 296 g/mol. The Morgan fingerprint density at radius 3 is 1.96 bits per heavy atom. The first-order valence-electron chi connectivity index (χ1n) is 7.44. The molecule has 5 heteroatoms. The van der Waals surface area contributed by atoms with Gasteiger partial charge in [0.1, 0.15) is 0 Å². The average molecular weight is 316 g/mol. The van der Waals surface area contributed by atoms with Gasteiger partial charge in [0.25, 0.3) is 0 Å². The third kappa shape index (κ3) is 4.53. The van der Waals surface area contributed by atoms with E-state index < -0.39 is 0 Å². The normalized spacial score (nSPS) is 10.5. The molecule has 0 radical (unpaired) electrons. The highest BCUT2D eigenvalue weighted by molar-refractivity contribution is 5.98. The summed E-state index contributed by atoms with van der Waals surface area (Å²) in [6.07, 6.45) is 1.63. The summed E-state index contributed by atoms with van der Waals surface area (Å²) in [5.74, 6) is -0.729. The van der Waals surface area contributed by atoms with Gasteiger partial charge < -0.3 is 14.2 Å². The Morgan fingerprint density at radius 1 is 0.826 bits per heavy atom. The maximum absolute atomic E-state index is 12.0. The van der Waals surface area contributed by atoms with Crippen molar-refractivity contribution in [3.05, 3.63) is 47.5 Å². The number of benzene rings is 2. The maximum Gasteiger partial charge on any atom is 0.338 e. The Bertz CT molecular complexity index is 693. The lowest BCUT2D eigenvalue weighted by atomic mass is 10.0. The van der Waals surface area contributed by atoms with Gasteiger partial charge in [-0.05, 0) is 47.9 Å². The second kappa shape index (κ2) is 8.29. The maximum atomic E-state index is 12.0. The minimum absolute atomic E-state index is 0.346. The number of unbranched alkanes of at least 4 members (excludes halogenated alkanes) is 1. The van der Waals surface area contributed by atoms with Gasteiger partial charge in [0, 0.05) is 13.7 Å². The van der Waals surface area contributed by atoms with Crippen molar-refractivity contribution in [2.24, 2.45) is 0 Å². The van der Waals surface area contributed by atoms with E-state index in [0.29, 0.717) is 24.3 Å². The zero-order valence-electron chi connectivity index (χ0n) is 13.3.